The standard InChI is InChI=1S/C18H17FN2O3S/c1-11-7-8-14(18-12(2)13(3)20-24-18)9-17(11)25(22,23)21-16-6-4-5-15(19)10-16/h4-10,21H,1-3H3. The van der Waals surface area contributed by atoms with Gasteiger partial charge < -0.3 is 4.52 Å². The van der Waals surface area contributed by atoms with E-state index in [1.807, 2.05) is 13.8 Å². The van der Waals surface area contributed by atoms with Gasteiger partial charge in [0.2, 0.25) is 0 Å². The average Bonchev–Trinajstić information content (AvgIpc) is 2.87. The van der Waals surface area contributed by atoms with Crippen LogP contribution in [0.5, 0.6) is 0 Å². The number of nitrogens with zero attached hydrogens (tertiary/aromatic N) is 1. The van der Waals surface area contributed by atoms with E-state index in [1.165, 1.54) is 24.3 Å². The van der Waals surface area contributed by atoms with Gasteiger partial charge in [0.25, 0.3) is 10.0 Å². The molecule has 0 amide bonds. The van der Waals surface area contributed by atoms with Crippen molar-refractivity contribution in [3.05, 3.63) is 65.1 Å². The lowest BCUT2D eigenvalue weighted by molar-refractivity contribution is 0.427. The molecule has 1 N–H and O–H groups in total. The third-order valence-electron chi connectivity index (χ3n) is 3.97. The number of aromatic nitrogens is 1. The second-order valence-corrected chi connectivity index (χ2v) is 7.47. The Hall–Kier alpha value is -2.67. The zero-order valence-electron chi connectivity index (χ0n) is 14.0. The first kappa shape index (κ1) is 17.2. The van der Waals surface area contributed by atoms with Crippen LogP contribution in [-0.4, -0.2) is 13.6 Å². The number of hydrogen-bond donors (Lipinski definition) is 1. The maximum Gasteiger partial charge on any atom is 0.262 e. The fraction of sp³-hybridized carbons (Fsp3) is 0.167. The number of anilines is 1. The molecule has 7 heteroatoms. The molecular weight excluding hydrogens is 343 g/mol. The quantitative estimate of drug-likeness (QED) is 0.757. The van der Waals surface area contributed by atoms with Gasteiger partial charge in [0.15, 0.2) is 5.76 Å². The summed E-state index contributed by atoms with van der Waals surface area (Å²) in [5, 5.41) is 3.90. The molecule has 1 aromatic heterocycles. The molecule has 2 aromatic carbocycles. The summed E-state index contributed by atoms with van der Waals surface area (Å²) >= 11 is 0. The molecule has 130 valence electrons. The van der Waals surface area contributed by atoms with E-state index in [0.29, 0.717) is 16.9 Å². The van der Waals surface area contributed by atoms with Crippen molar-refractivity contribution in [2.75, 3.05) is 4.72 Å². The topological polar surface area (TPSA) is 72.2 Å². The molecule has 1 heterocycles. The Morgan fingerprint density at radius 3 is 2.48 bits per heavy atom. The van der Waals surface area contributed by atoms with Crippen molar-refractivity contribution >= 4 is 15.7 Å². The van der Waals surface area contributed by atoms with Gasteiger partial charge in [-0.05, 0) is 50.6 Å². The smallest absolute Gasteiger partial charge is 0.262 e. The molecule has 0 saturated carbocycles. The minimum Gasteiger partial charge on any atom is -0.356 e. The number of aryl methyl sites for hydroxylation is 2. The van der Waals surface area contributed by atoms with Crippen molar-refractivity contribution in [2.24, 2.45) is 0 Å². The second kappa shape index (κ2) is 6.33. The normalized spacial score (nSPS) is 11.5. The number of nitrogens with one attached hydrogen (secondary N) is 1. The summed E-state index contributed by atoms with van der Waals surface area (Å²) in [7, 11) is -3.88. The third kappa shape index (κ3) is 3.41. The number of halogens is 1. The van der Waals surface area contributed by atoms with Gasteiger partial charge >= 0.3 is 0 Å². The molecule has 0 bridgehead atoms. The summed E-state index contributed by atoms with van der Waals surface area (Å²) in [6, 6.07) is 10.3. The fourth-order valence-electron chi connectivity index (χ4n) is 2.48. The Bertz CT molecular complexity index is 1040. The fourth-order valence-corrected chi connectivity index (χ4v) is 3.80. The van der Waals surface area contributed by atoms with Crippen molar-refractivity contribution in [1.82, 2.24) is 5.16 Å². The molecule has 3 aromatic rings. The first-order valence-electron chi connectivity index (χ1n) is 7.60. The Labute approximate surface area is 145 Å². The highest BCUT2D eigenvalue weighted by Gasteiger charge is 2.20. The first-order valence-corrected chi connectivity index (χ1v) is 9.08. The lowest BCUT2D eigenvalue weighted by Gasteiger charge is -2.11. The number of rotatable bonds is 4. The summed E-state index contributed by atoms with van der Waals surface area (Å²) in [4.78, 5) is 0.0997. The number of hydrogen-bond acceptors (Lipinski definition) is 4. The molecule has 0 aliphatic carbocycles. The van der Waals surface area contributed by atoms with E-state index in [2.05, 4.69) is 9.88 Å². The lowest BCUT2D eigenvalue weighted by atomic mass is 10.1. The van der Waals surface area contributed by atoms with Crippen LogP contribution in [0.4, 0.5) is 10.1 Å². The Morgan fingerprint density at radius 2 is 1.84 bits per heavy atom. The van der Waals surface area contributed by atoms with Crippen molar-refractivity contribution in [3.8, 4) is 11.3 Å². The largest absolute Gasteiger partial charge is 0.356 e. The maximum absolute atomic E-state index is 13.3. The van der Waals surface area contributed by atoms with E-state index in [1.54, 1.807) is 19.1 Å². The predicted octanol–water partition coefficient (Wildman–Crippen LogP) is 4.21. The van der Waals surface area contributed by atoms with Gasteiger partial charge in [-0.2, -0.15) is 0 Å². The molecule has 0 atom stereocenters. The van der Waals surface area contributed by atoms with Crippen LogP contribution in [-0.2, 0) is 10.0 Å². The summed E-state index contributed by atoms with van der Waals surface area (Å²) < 4.78 is 46.5. The van der Waals surface area contributed by atoms with Crippen LogP contribution in [0.25, 0.3) is 11.3 Å². The summed E-state index contributed by atoms with van der Waals surface area (Å²) in [6.45, 7) is 5.38. The number of sulfonamides is 1. The van der Waals surface area contributed by atoms with E-state index < -0.39 is 15.8 Å². The molecule has 0 aliphatic rings. The highest BCUT2D eigenvalue weighted by Crippen LogP contribution is 2.29. The monoisotopic (exact) mass is 360 g/mol. The van der Waals surface area contributed by atoms with Gasteiger partial charge in [-0.25, -0.2) is 12.8 Å². The lowest BCUT2D eigenvalue weighted by Crippen LogP contribution is -2.14. The van der Waals surface area contributed by atoms with Crippen LogP contribution in [0.1, 0.15) is 16.8 Å². The maximum atomic E-state index is 13.3. The molecule has 0 unspecified atom stereocenters. The minimum atomic E-state index is -3.88. The van der Waals surface area contributed by atoms with Crippen LogP contribution < -0.4 is 4.72 Å². The summed E-state index contributed by atoms with van der Waals surface area (Å²) in [5.74, 6) is 0.0122. The second-order valence-electron chi connectivity index (χ2n) is 5.82. The van der Waals surface area contributed by atoms with Gasteiger partial charge in [0.1, 0.15) is 5.82 Å². The van der Waals surface area contributed by atoms with Crippen molar-refractivity contribution < 1.29 is 17.3 Å². The molecular formula is C18H17FN2O3S. The highest BCUT2D eigenvalue weighted by atomic mass is 32.2. The Kier molecular flexibility index (Phi) is 4.34. The minimum absolute atomic E-state index is 0.0997. The molecule has 0 fully saturated rings. The van der Waals surface area contributed by atoms with Gasteiger partial charge in [-0.3, -0.25) is 4.72 Å². The molecule has 0 aliphatic heterocycles. The van der Waals surface area contributed by atoms with E-state index in [9.17, 15) is 12.8 Å². The molecule has 25 heavy (non-hydrogen) atoms. The van der Waals surface area contributed by atoms with E-state index in [-0.39, 0.29) is 10.6 Å². The van der Waals surface area contributed by atoms with Crippen LogP contribution in [0.3, 0.4) is 0 Å². The van der Waals surface area contributed by atoms with Gasteiger partial charge in [0.05, 0.1) is 16.3 Å². The molecule has 0 spiro atoms. The number of benzene rings is 2. The van der Waals surface area contributed by atoms with E-state index in [0.717, 1.165) is 17.3 Å². The Balaban J connectivity index is 2.04. The molecule has 3 rings (SSSR count). The van der Waals surface area contributed by atoms with Gasteiger partial charge in [-0.15, -0.1) is 0 Å². The van der Waals surface area contributed by atoms with Crippen LogP contribution >= 0.6 is 0 Å². The van der Waals surface area contributed by atoms with Crippen LogP contribution in [0.15, 0.2) is 51.9 Å². The average molecular weight is 360 g/mol. The summed E-state index contributed by atoms with van der Waals surface area (Å²) in [5.41, 5.74) is 2.95. The molecule has 0 radical (unpaired) electrons. The molecule has 0 saturated heterocycles. The Morgan fingerprint density at radius 1 is 1.08 bits per heavy atom. The highest BCUT2D eigenvalue weighted by molar-refractivity contribution is 7.92. The van der Waals surface area contributed by atoms with E-state index >= 15 is 0 Å². The SMILES string of the molecule is Cc1ccc(-c2onc(C)c2C)cc1S(=O)(=O)Nc1cccc(F)c1. The van der Waals surface area contributed by atoms with E-state index in [4.69, 9.17) is 4.52 Å². The predicted molar refractivity (Wildman–Crippen MR) is 93.4 cm³/mol. The first-order chi connectivity index (χ1) is 11.8. The van der Waals surface area contributed by atoms with Gasteiger partial charge in [0, 0.05) is 11.1 Å². The van der Waals surface area contributed by atoms with Crippen molar-refractivity contribution in [1.29, 1.82) is 0 Å². The summed E-state index contributed by atoms with van der Waals surface area (Å²) in [6.07, 6.45) is 0. The van der Waals surface area contributed by atoms with Gasteiger partial charge in [-0.1, -0.05) is 23.4 Å². The third-order valence-corrected chi connectivity index (χ3v) is 5.50. The van der Waals surface area contributed by atoms with Crippen LogP contribution in [0, 0.1) is 26.6 Å². The van der Waals surface area contributed by atoms with Crippen LogP contribution in [0.2, 0.25) is 0 Å². The van der Waals surface area contributed by atoms with Crippen molar-refractivity contribution in [3.63, 3.8) is 0 Å². The van der Waals surface area contributed by atoms with Crippen molar-refractivity contribution in [2.45, 2.75) is 25.7 Å². The zero-order chi connectivity index (χ0) is 18.2. The zero-order valence-corrected chi connectivity index (χ0v) is 14.8. The molecule has 5 nitrogen and oxygen atoms in total.